The Balaban J connectivity index is 2.34. The lowest BCUT2D eigenvalue weighted by molar-refractivity contribution is 0.144. The van der Waals surface area contributed by atoms with E-state index in [9.17, 15) is 9.59 Å². The third-order valence-electron chi connectivity index (χ3n) is 5.53. The van der Waals surface area contributed by atoms with Gasteiger partial charge in [0.2, 0.25) is 11.2 Å². The number of carbonyl (C=O) groups is 1. The fourth-order valence-corrected chi connectivity index (χ4v) is 3.99. The lowest BCUT2D eigenvalue weighted by Gasteiger charge is -2.21. The van der Waals surface area contributed by atoms with Crippen LogP contribution < -0.4 is 29.7 Å². The van der Waals surface area contributed by atoms with Crippen LogP contribution in [0.4, 0.5) is 4.79 Å². The Bertz CT molecular complexity index is 1070. The van der Waals surface area contributed by atoms with E-state index in [0.29, 0.717) is 47.8 Å². The molecule has 0 aliphatic heterocycles. The van der Waals surface area contributed by atoms with Gasteiger partial charge >= 0.3 is 6.09 Å². The summed E-state index contributed by atoms with van der Waals surface area (Å²) in [7, 11) is 7.42. The SMILES string of the molecule is COCCOc1c(OC)c(OC)cc2c1-c1ccc(OC)c(=O)cc1C(NC(=O)OC)CC2. The number of ether oxygens (including phenoxy) is 6. The minimum atomic E-state index is -0.588. The molecule has 1 N–H and O–H groups in total. The number of benzene rings is 1. The molecular formula is C24H29NO8. The van der Waals surface area contributed by atoms with Gasteiger partial charge in [0.05, 0.1) is 41.1 Å². The summed E-state index contributed by atoms with van der Waals surface area (Å²) in [6.45, 7) is 0.649. The lowest BCUT2D eigenvalue weighted by atomic mass is 9.95. The summed E-state index contributed by atoms with van der Waals surface area (Å²) < 4.78 is 32.6. The monoisotopic (exact) mass is 459 g/mol. The fraction of sp³-hybridized carbons (Fsp3) is 0.417. The standard InChI is InChI=1S/C24H29NO8/c1-28-10-11-33-23-21-14(12-20(30-3)22(23)31-4)6-8-17(25-24(27)32-5)16-13-18(26)19(29-2)9-7-15(16)21/h7,9,12-13,17H,6,8,10-11H2,1-5H3,(H,25,27). The molecule has 0 radical (unpaired) electrons. The molecular weight excluding hydrogens is 430 g/mol. The first-order valence-corrected chi connectivity index (χ1v) is 10.5. The maximum absolute atomic E-state index is 12.8. The highest BCUT2D eigenvalue weighted by Crippen LogP contribution is 2.50. The molecule has 1 atom stereocenters. The number of rotatable bonds is 8. The summed E-state index contributed by atoms with van der Waals surface area (Å²) in [6, 6.07) is 6.30. The van der Waals surface area contributed by atoms with E-state index in [-0.39, 0.29) is 17.8 Å². The topological polar surface area (TPSA) is 102 Å². The maximum Gasteiger partial charge on any atom is 0.407 e. The zero-order chi connectivity index (χ0) is 24.0. The highest BCUT2D eigenvalue weighted by Gasteiger charge is 2.30. The average Bonchev–Trinajstić information content (AvgIpc) is 3.07. The second kappa shape index (κ2) is 10.9. The normalized spacial score (nSPS) is 14.3. The molecule has 9 heteroatoms. The zero-order valence-corrected chi connectivity index (χ0v) is 19.5. The minimum Gasteiger partial charge on any atom is -0.493 e. The van der Waals surface area contributed by atoms with Gasteiger partial charge in [0.25, 0.3) is 0 Å². The number of fused-ring (bicyclic) bond motifs is 3. The van der Waals surface area contributed by atoms with Gasteiger partial charge in [0, 0.05) is 12.7 Å². The number of hydrogen-bond donors (Lipinski definition) is 1. The van der Waals surface area contributed by atoms with Gasteiger partial charge in [0.1, 0.15) is 6.61 Å². The number of alkyl carbamates (subject to hydrolysis) is 1. The van der Waals surface area contributed by atoms with Crippen molar-refractivity contribution >= 4 is 6.09 Å². The van der Waals surface area contributed by atoms with Gasteiger partial charge in [-0.3, -0.25) is 4.79 Å². The molecule has 0 spiro atoms. The first-order chi connectivity index (χ1) is 16.0. The molecule has 0 bridgehead atoms. The van der Waals surface area contributed by atoms with Crippen LogP contribution in [0.5, 0.6) is 23.0 Å². The Morgan fingerprint density at radius 2 is 1.73 bits per heavy atom. The molecule has 3 rings (SSSR count). The number of amides is 1. The Labute approximate surface area is 192 Å². The lowest BCUT2D eigenvalue weighted by Crippen LogP contribution is -2.28. The van der Waals surface area contributed by atoms with E-state index in [4.69, 9.17) is 28.4 Å². The second-order valence-corrected chi connectivity index (χ2v) is 7.32. The van der Waals surface area contributed by atoms with E-state index < -0.39 is 12.1 Å². The van der Waals surface area contributed by atoms with E-state index in [0.717, 1.165) is 11.1 Å². The third-order valence-corrected chi connectivity index (χ3v) is 5.53. The highest BCUT2D eigenvalue weighted by molar-refractivity contribution is 5.83. The van der Waals surface area contributed by atoms with Crippen LogP contribution in [0.25, 0.3) is 11.1 Å². The molecule has 178 valence electrons. The van der Waals surface area contributed by atoms with Crippen LogP contribution >= 0.6 is 0 Å². The summed E-state index contributed by atoms with van der Waals surface area (Å²) in [5.74, 6) is 1.61. The van der Waals surface area contributed by atoms with E-state index in [1.165, 1.54) is 27.4 Å². The second-order valence-electron chi connectivity index (χ2n) is 7.32. The van der Waals surface area contributed by atoms with Crippen molar-refractivity contribution < 1.29 is 33.2 Å². The van der Waals surface area contributed by atoms with Crippen LogP contribution in [0.3, 0.4) is 0 Å². The third kappa shape index (κ3) is 4.98. The van der Waals surface area contributed by atoms with E-state index in [2.05, 4.69) is 5.32 Å². The van der Waals surface area contributed by atoms with Crippen molar-refractivity contribution in [3.8, 4) is 34.1 Å². The zero-order valence-electron chi connectivity index (χ0n) is 19.5. The van der Waals surface area contributed by atoms with Gasteiger partial charge in [-0.2, -0.15) is 0 Å². The molecule has 1 aliphatic rings. The smallest absolute Gasteiger partial charge is 0.407 e. The number of nitrogens with one attached hydrogen (secondary N) is 1. The van der Waals surface area contributed by atoms with Crippen molar-refractivity contribution in [3.05, 3.63) is 45.6 Å². The van der Waals surface area contributed by atoms with E-state index in [1.807, 2.05) is 6.07 Å². The van der Waals surface area contributed by atoms with Gasteiger partial charge in [0.15, 0.2) is 17.2 Å². The molecule has 0 heterocycles. The van der Waals surface area contributed by atoms with Crippen LogP contribution in [-0.4, -0.2) is 54.9 Å². The van der Waals surface area contributed by atoms with Crippen molar-refractivity contribution in [2.24, 2.45) is 0 Å². The predicted octanol–water partition coefficient (Wildman–Crippen LogP) is 3.11. The van der Waals surface area contributed by atoms with Crippen molar-refractivity contribution in [3.63, 3.8) is 0 Å². The van der Waals surface area contributed by atoms with Gasteiger partial charge in [-0.15, -0.1) is 0 Å². The highest BCUT2D eigenvalue weighted by atomic mass is 16.5. The molecule has 2 aromatic rings. The van der Waals surface area contributed by atoms with E-state index in [1.54, 1.807) is 26.4 Å². The minimum absolute atomic E-state index is 0.184. The molecule has 1 aliphatic carbocycles. The predicted molar refractivity (Wildman–Crippen MR) is 122 cm³/mol. The maximum atomic E-state index is 12.8. The molecule has 0 aromatic heterocycles. The average molecular weight is 459 g/mol. The quantitative estimate of drug-likeness (QED) is 0.601. The van der Waals surface area contributed by atoms with Crippen LogP contribution in [0.1, 0.15) is 23.6 Å². The van der Waals surface area contributed by atoms with Crippen LogP contribution in [0.15, 0.2) is 29.1 Å². The van der Waals surface area contributed by atoms with Crippen LogP contribution in [-0.2, 0) is 15.9 Å². The molecule has 0 saturated heterocycles. The Hall–Kier alpha value is -3.46. The molecule has 0 saturated carbocycles. The Morgan fingerprint density at radius 1 is 0.970 bits per heavy atom. The Morgan fingerprint density at radius 3 is 2.36 bits per heavy atom. The molecule has 2 aromatic carbocycles. The summed E-state index contributed by atoms with van der Waals surface area (Å²) in [4.78, 5) is 24.9. The first kappa shape index (κ1) is 24.2. The molecule has 1 unspecified atom stereocenters. The number of methoxy groups -OCH3 is 5. The molecule has 33 heavy (non-hydrogen) atoms. The van der Waals surface area contributed by atoms with Gasteiger partial charge < -0.3 is 33.7 Å². The van der Waals surface area contributed by atoms with Crippen LogP contribution in [0.2, 0.25) is 0 Å². The summed E-state index contributed by atoms with van der Waals surface area (Å²) >= 11 is 0. The number of carbonyl (C=O) groups excluding carboxylic acids is 1. The van der Waals surface area contributed by atoms with Crippen molar-refractivity contribution in [1.29, 1.82) is 0 Å². The van der Waals surface area contributed by atoms with Gasteiger partial charge in [-0.25, -0.2) is 4.79 Å². The largest absolute Gasteiger partial charge is 0.493 e. The first-order valence-electron chi connectivity index (χ1n) is 10.5. The van der Waals surface area contributed by atoms with Gasteiger partial charge in [-0.05, 0) is 47.7 Å². The fourth-order valence-electron chi connectivity index (χ4n) is 3.99. The van der Waals surface area contributed by atoms with Crippen molar-refractivity contribution in [2.45, 2.75) is 18.9 Å². The summed E-state index contributed by atoms with van der Waals surface area (Å²) in [6.07, 6.45) is 0.511. The summed E-state index contributed by atoms with van der Waals surface area (Å²) in [5.41, 5.74) is 2.70. The van der Waals surface area contributed by atoms with Crippen molar-refractivity contribution in [1.82, 2.24) is 5.32 Å². The van der Waals surface area contributed by atoms with Gasteiger partial charge in [-0.1, -0.05) is 6.07 Å². The van der Waals surface area contributed by atoms with Crippen LogP contribution in [0, 0.1) is 0 Å². The molecule has 0 fully saturated rings. The van der Waals surface area contributed by atoms with Crippen molar-refractivity contribution in [2.75, 3.05) is 48.8 Å². The summed E-state index contributed by atoms with van der Waals surface area (Å²) in [5, 5.41) is 2.84. The Kier molecular flexibility index (Phi) is 8.00. The molecule has 9 nitrogen and oxygen atoms in total. The number of aryl methyl sites for hydroxylation is 1. The molecule has 1 amide bonds. The van der Waals surface area contributed by atoms with E-state index >= 15 is 0 Å². The number of hydrogen-bond acceptors (Lipinski definition) is 8.